The Labute approximate surface area is 87.0 Å². The number of hydrogen-bond donors (Lipinski definition) is 0. The lowest BCUT2D eigenvalue weighted by Gasteiger charge is -2.37. The Hall–Kier alpha value is -0.0800. The van der Waals surface area contributed by atoms with E-state index in [4.69, 9.17) is 9.47 Å². The van der Waals surface area contributed by atoms with E-state index >= 15 is 0 Å². The summed E-state index contributed by atoms with van der Waals surface area (Å²) in [7, 11) is 0. The molecule has 0 aromatic heterocycles. The summed E-state index contributed by atoms with van der Waals surface area (Å²) in [6.45, 7) is 4.05. The second-order valence-corrected chi connectivity index (χ2v) is 4.63. The van der Waals surface area contributed by atoms with Crippen molar-refractivity contribution in [3.05, 3.63) is 0 Å². The Balaban J connectivity index is 1.61. The van der Waals surface area contributed by atoms with Crippen molar-refractivity contribution in [1.29, 1.82) is 0 Å². The number of hydrogen-bond acceptors (Lipinski definition) is 2. The molecule has 2 heteroatoms. The van der Waals surface area contributed by atoms with Crippen LogP contribution in [0.15, 0.2) is 0 Å². The van der Waals surface area contributed by atoms with E-state index in [0.29, 0.717) is 18.1 Å². The van der Waals surface area contributed by atoms with Crippen molar-refractivity contribution in [3.63, 3.8) is 0 Å². The van der Waals surface area contributed by atoms with E-state index in [1.807, 2.05) is 0 Å². The van der Waals surface area contributed by atoms with Gasteiger partial charge in [0.15, 0.2) is 0 Å². The molecule has 2 unspecified atom stereocenters. The minimum absolute atomic E-state index is 0.485. The van der Waals surface area contributed by atoms with Gasteiger partial charge in [-0.15, -0.1) is 0 Å². The fourth-order valence-corrected chi connectivity index (χ4v) is 2.47. The summed E-state index contributed by atoms with van der Waals surface area (Å²) >= 11 is 0. The Morgan fingerprint density at radius 3 is 2.57 bits per heavy atom. The molecule has 2 fully saturated rings. The van der Waals surface area contributed by atoms with Gasteiger partial charge in [0.1, 0.15) is 0 Å². The van der Waals surface area contributed by atoms with Crippen molar-refractivity contribution in [2.45, 2.75) is 57.7 Å². The minimum Gasteiger partial charge on any atom is -0.378 e. The van der Waals surface area contributed by atoms with Gasteiger partial charge in [-0.3, -0.25) is 0 Å². The molecule has 2 nitrogen and oxygen atoms in total. The molecule has 1 saturated carbocycles. The van der Waals surface area contributed by atoms with Crippen LogP contribution >= 0.6 is 0 Å². The van der Waals surface area contributed by atoms with E-state index in [1.165, 1.54) is 32.1 Å². The van der Waals surface area contributed by atoms with E-state index in [9.17, 15) is 0 Å². The fourth-order valence-electron chi connectivity index (χ4n) is 2.47. The molecule has 2 rings (SSSR count). The molecule has 82 valence electrons. The fraction of sp³-hybridized carbons (Fsp3) is 1.00. The molecule has 0 amide bonds. The summed E-state index contributed by atoms with van der Waals surface area (Å²) in [4.78, 5) is 0. The Morgan fingerprint density at radius 2 is 2.00 bits per heavy atom. The monoisotopic (exact) mass is 198 g/mol. The molecule has 1 aliphatic heterocycles. The van der Waals surface area contributed by atoms with Gasteiger partial charge in [0, 0.05) is 5.92 Å². The zero-order chi connectivity index (χ0) is 9.80. The van der Waals surface area contributed by atoms with Crippen LogP contribution < -0.4 is 0 Å². The van der Waals surface area contributed by atoms with Gasteiger partial charge < -0.3 is 9.47 Å². The molecule has 1 aliphatic carbocycles. The summed E-state index contributed by atoms with van der Waals surface area (Å²) in [6.07, 6.45) is 8.88. The van der Waals surface area contributed by atoms with Gasteiger partial charge in [-0.2, -0.15) is 0 Å². The van der Waals surface area contributed by atoms with Crippen molar-refractivity contribution in [2.75, 3.05) is 13.2 Å². The van der Waals surface area contributed by atoms with Crippen LogP contribution in [-0.2, 0) is 9.47 Å². The van der Waals surface area contributed by atoms with Gasteiger partial charge in [0.2, 0.25) is 0 Å². The van der Waals surface area contributed by atoms with Crippen LogP contribution in [0.4, 0.5) is 0 Å². The lowest BCUT2D eigenvalue weighted by Crippen LogP contribution is -2.42. The molecule has 0 aromatic carbocycles. The second-order valence-electron chi connectivity index (χ2n) is 4.63. The Bertz CT molecular complexity index is 160. The van der Waals surface area contributed by atoms with Crippen LogP contribution in [0.1, 0.15) is 45.4 Å². The standard InChI is InChI=1S/C12H22O2/c1-2-12-10(9-14-12)8-13-11-6-4-3-5-7-11/h10-12H,2-9H2,1H3. The van der Waals surface area contributed by atoms with Crippen molar-refractivity contribution >= 4 is 0 Å². The van der Waals surface area contributed by atoms with Crippen LogP contribution in [-0.4, -0.2) is 25.4 Å². The zero-order valence-corrected chi connectivity index (χ0v) is 9.21. The van der Waals surface area contributed by atoms with Crippen molar-refractivity contribution in [3.8, 4) is 0 Å². The average molecular weight is 198 g/mol. The Kier molecular flexibility index (Phi) is 3.82. The van der Waals surface area contributed by atoms with Gasteiger partial charge in [-0.1, -0.05) is 26.2 Å². The topological polar surface area (TPSA) is 18.5 Å². The minimum atomic E-state index is 0.485. The summed E-state index contributed by atoms with van der Waals surface area (Å²) < 4.78 is 11.4. The first-order chi connectivity index (χ1) is 6.90. The molecule has 2 aliphatic rings. The molecule has 2 atom stereocenters. The van der Waals surface area contributed by atoms with Gasteiger partial charge in [0.05, 0.1) is 25.4 Å². The van der Waals surface area contributed by atoms with Crippen molar-refractivity contribution < 1.29 is 9.47 Å². The highest BCUT2D eigenvalue weighted by Gasteiger charge is 2.31. The molecule has 14 heavy (non-hydrogen) atoms. The largest absolute Gasteiger partial charge is 0.378 e. The lowest BCUT2D eigenvalue weighted by atomic mass is 9.95. The third kappa shape index (κ3) is 2.48. The molecule has 0 bridgehead atoms. The first-order valence-corrected chi connectivity index (χ1v) is 6.13. The number of ether oxygens (including phenoxy) is 2. The maximum absolute atomic E-state index is 5.94. The van der Waals surface area contributed by atoms with Gasteiger partial charge in [-0.25, -0.2) is 0 Å². The first-order valence-electron chi connectivity index (χ1n) is 6.13. The van der Waals surface area contributed by atoms with Crippen molar-refractivity contribution in [1.82, 2.24) is 0 Å². The van der Waals surface area contributed by atoms with Crippen LogP contribution in [0.5, 0.6) is 0 Å². The molecule has 0 spiro atoms. The van der Waals surface area contributed by atoms with E-state index < -0.39 is 0 Å². The van der Waals surface area contributed by atoms with E-state index in [0.717, 1.165) is 19.6 Å². The summed E-state index contributed by atoms with van der Waals surface area (Å²) in [5.74, 6) is 0.682. The molecule has 0 radical (unpaired) electrons. The zero-order valence-electron chi connectivity index (χ0n) is 9.21. The average Bonchev–Trinajstić information content (AvgIpc) is 2.19. The summed E-state index contributed by atoms with van der Waals surface area (Å²) in [6, 6.07) is 0. The maximum atomic E-state index is 5.94. The molecule has 0 N–H and O–H groups in total. The Morgan fingerprint density at radius 1 is 1.21 bits per heavy atom. The predicted octanol–water partition coefficient (Wildman–Crippen LogP) is 2.76. The summed E-state index contributed by atoms with van der Waals surface area (Å²) in [5, 5.41) is 0. The first kappa shape index (κ1) is 10.4. The third-order valence-electron chi connectivity index (χ3n) is 3.55. The van der Waals surface area contributed by atoms with E-state index in [1.54, 1.807) is 0 Å². The second kappa shape index (κ2) is 5.13. The quantitative estimate of drug-likeness (QED) is 0.691. The highest BCUT2D eigenvalue weighted by molar-refractivity contribution is 4.78. The van der Waals surface area contributed by atoms with E-state index in [2.05, 4.69) is 6.92 Å². The van der Waals surface area contributed by atoms with E-state index in [-0.39, 0.29) is 0 Å². The molecule has 1 saturated heterocycles. The highest BCUT2D eigenvalue weighted by Crippen LogP contribution is 2.26. The molecular formula is C12H22O2. The van der Waals surface area contributed by atoms with Crippen LogP contribution in [0, 0.1) is 5.92 Å². The van der Waals surface area contributed by atoms with Gasteiger partial charge in [0.25, 0.3) is 0 Å². The van der Waals surface area contributed by atoms with Crippen molar-refractivity contribution in [2.24, 2.45) is 5.92 Å². The molecule has 1 heterocycles. The summed E-state index contributed by atoms with van der Waals surface area (Å²) in [5.41, 5.74) is 0. The van der Waals surface area contributed by atoms with Crippen LogP contribution in [0.3, 0.4) is 0 Å². The van der Waals surface area contributed by atoms with Gasteiger partial charge in [-0.05, 0) is 19.3 Å². The molecular weight excluding hydrogens is 176 g/mol. The predicted molar refractivity (Wildman–Crippen MR) is 56.3 cm³/mol. The lowest BCUT2D eigenvalue weighted by molar-refractivity contribution is -0.151. The van der Waals surface area contributed by atoms with Gasteiger partial charge >= 0.3 is 0 Å². The smallest absolute Gasteiger partial charge is 0.0645 e. The highest BCUT2D eigenvalue weighted by atomic mass is 16.5. The SMILES string of the molecule is CCC1OCC1COC1CCCCC1. The maximum Gasteiger partial charge on any atom is 0.0645 e. The molecule has 0 aromatic rings. The number of rotatable bonds is 4. The normalized spacial score (nSPS) is 34.1. The third-order valence-corrected chi connectivity index (χ3v) is 3.55. The van der Waals surface area contributed by atoms with Crippen LogP contribution in [0.25, 0.3) is 0 Å². The van der Waals surface area contributed by atoms with Crippen LogP contribution in [0.2, 0.25) is 0 Å².